The monoisotopic (exact) mass is 138 g/mol. The third-order valence-electron chi connectivity index (χ3n) is 2.64. The van der Waals surface area contributed by atoms with Crippen molar-refractivity contribution < 1.29 is 0 Å². The van der Waals surface area contributed by atoms with Gasteiger partial charge in [-0.25, -0.2) is 0 Å². The molecule has 1 rings (SSSR count). The molecule has 0 aromatic rings. The summed E-state index contributed by atoms with van der Waals surface area (Å²) in [5.41, 5.74) is 0. The molecule has 1 aliphatic rings. The average molecular weight is 138 g/mol. The average Bonchev–Trinajstić information content (AvgIpc) is 2.38. The van der Waals surface area contributed by atoms with Gasteiger partial charge in [0.1, 0.15) is 0 Å². The van der Waals surface area contributed by atoms with Crippen LogP contribution < -0.4 is 0 Å². The van der Waals surface area contributed by atoms with Crippen LogP contribution in [0.2, 0.25) is 0 Å². The Labute approximate surface area is 65.0 Å². The molecule has 0 aromatic heterocycles. The summed E-state index contributed by atoms with van der Waals surface area (Å²) in [5, 5.41) is 0. The van der Waals surface area contributed by atoms with Crippen molar-refractivity contribution in [3.05, 3.63) is 13.8 Å². The van der Waals surface area contributed by atoms with Crippen LogP contribution in [0.5, 0.6) is 0 Å². The van der Waals surface area contributed by atoms with Crippen LogP contribution in [0.15, 0.2) is 0 Å². The van der Waals surface area contributed by atoms with E-state index in [2.05, 4.69) is 13.8 Å². The van der Waals surface area contributed by atoms with Crippen LogP contribution in [0, 0.1) is 25.7 Å². The molecule has 58 valence electrons. The van der Waals surface area contributed by atoms with E-state index in [-0.39, 0.29) is 0 Å². The molecule has 0 heterocycles. The summed E-state index contributed by atoms with van der Waals surface area (Å²) in [7, 11) is 0. The lowest BCUT2D eigenvalue weighted by atomic mass is 9.89. The fraction of sp³-hybridized carbons (Fsp3) is 0.800. The predicted molar refractivity (Wildman–Crippen MR) is 45.4 cm³/mol. The zero-order valence-electron chi connectivity index (χ0n) is 6.81. The lowest BCUT2D eigenvalue weighted by molar-refractivity contribution is 0.382. The van der Waals surface area contributed by atoms with E-state index in [1.165, 1.54) is 32.1 Å². The molecule has 0 aromatic carbocycles. The summed E-state index contributed by atoms with van der Waals surface area (Å²) in [6.45, 7) is 8.03. The van der Waals surface area contributed by atoms with Crippen LogP contribution in [0.4, 0.5) is 0 Å². The summed E-state index contributed by atoms with van der Waals surface area (Å²) in [4.78, 5) is 0. The van der Waals surface area contributed by atoms with Crippen LogP contribution in [0.3, 0.4) is 0 Å². The van der Waals surface area contributed by atoms with E-state index in [0.29, 0.717) is 5.92 Å². The Bertz CT molecular complexity index is 80.0. The van der Waals surface area contributed by atoms with Gasteiger partial charge in [-0.2, -0.15) is 0 Å². The van der Waals surface area contributed by atoms with Crippen molar-refractivity contribution >= 4 is 0 Å². The lowest BCUT2D eigenvalue weighted by Crippen LogP contribution is -2.06. The molecule has 0 heteroatoms. The number of hydrogen-bond donors (Lipinski definition) is 0. The van der Waals surface area contributed by atoms with Gasteiger partial charge in [0.25, 0.3) is 0 Å². The van der Waals surface area contributed by atoms with Crippen LogP contribution >= 0.6 is 0 Å². The molecule has 0 aliphatic heterocycles. The molecule has 1 fully saturated rings. The summed E-state index contributed by atoms with van der Waals surface area (Å²) in [6, 6.07) is 0. The molecule has 2 radical (unpaired) electrons. The van der Waals surface area contributed by atoms with Gasteiger partial charge in [-0.3, -0.25) is 0 Å². The number of hydrogen-bond acceptors (Lipinski definition) is 0. The van der Waals surface area contributed by atoms with Gasteiger partial charge in [0.2, 0.25) is 0 Å². The maximum absolute atomic E-state index is 4.17. The van der Waals surface area contributed by atoms with Crippen LogP contribution in [-0.2, 0) is 0 Å². The molecule has 0 amide bonds. The summed E-state index contributed by atoms with van der Waals surface area (Å²) < 4.78 is 0. The smallest absolute Gasteiger partial charge is 0.0386 e. The highest BCUT2D eigenvalue weighted by Crippen LogP contribution is 2.32. The van der Waals surface area contributed by atoms with Crippen LogP contribution in [0.25, 0.3) is 0 Å². The molecule has 1 aliphatic carbocycles. The Morgan fingerprint density at radius 2 is 1.90 bits per heavy atom. The van der Waals surface area contributed by atoms with Crippen molar-refractivity contribution in [1.29, 1.82) is 0 Å². The Balaban J connectivity index is 2.18. The lowest BCUT2D eigenvalue weighted by Gasteiger charge is -2.16. The summed E-state index contributed by atoms with van der Waals surface area (Å²) in [6.07, 6.45) is 8.01. The summed E-state index contributed by atoms with van der Waals surface area (Å²) >= 11 is 0. The number of rotatable bonds is 3. The van der Waals surface area contributed by atoms with E-state index in [4.69, 9.17) is 0 Å². The fourth-order valence-electron chi connectivity index (χ4n) is 1.93. The second-order valence-corrected chi connectivity index (χ2v) is 3.45. The van der Waals surface area contributed by atoms with Crippen molar-refractivity contribution in [2.24, 2.45) is 11.8 Å². The zero-order valence-corrected chi connectivity index (χ0v) is 6.81. The molecular weight excluding hydrogens is 120 g/mol. The first-order valence-electron chi connectivity index (χ1n) is 4.47. The van der Waals surface area contributed by atoms with Crippen molar-refractivity contribution in [1.82, 2.24) is 0 Å². The molecule has 0 saturated heterocycles. The first kappa shape index (κ1) is 8.10. The van der Waals surface area contributed by atoms with Gasteiger partial charge in [-0.1, -0.05) is 45.4 Å². The van der Waals surface area contributed by atoms with Gasteiger partial charge in [0.05, 0.1) is 0 Å². The Hall–Kier alpha value is 0. The highest BCUT2D eigenvalue weighted by Gasteiger charge is 2.20. The van der Waals surface area contributed by atoms with Crippen molar-refractivity contribution in [3.63, 3.8) is 0 Å². The second kappa shape index (κ2) is 4.00. The Morgan fingerprint density at radius 3 is 2.40 bits per heavy atom. The molecule has 1 atom stereocenters. The van der Waals surface area contributed by atoms with E-state index >= 15 is 0 Å². The minimum absolute atomic E-state index is 0.694. The normalized spacial score (nSPS) is 23.4. The van der Waals surface area contributed by atoms with Gasteiger partial charge < -0.3 is 0 Å². The van der Waals surface area contributed by atoms with Gasteiger partial charge in [-0.15, -0.1) is 0 Å². The molecule has 0 N–H and O–H groups in total. The van der Waals surface area contributed by atoms with Gasteiger partial charge in [0, 0.05) is 0 Å². The minimum atomic E-state index is 0.694. The van der Waals surface area contributed by atoms with E-state index in [9.17, 15) is 0 Å². The highest BCUT2D eigenvalue weighted by molar-refractivity contribution is 4.76. The molecule has 1 saturated carbocycles. The van der Waals surface area contributed by atoms with E-state index in [0.717, 1.165) is 12.3 Å². The molecule has 0 nitrogen and oxygen atoms in total. The molecular formula is C10H18. The first-order valence-corrected chi connectivity index (χ1v) is 4.47. The van der Waals surface area contributed by atoms with E-state index in [1.54, 1.807) is 0 Å². The van der Waals surface area contributed by atoms with Gasteiger partial charge in [0.15, 0.2) is 0 Å². The van der Waals surface area contributed by atoms with E-state index < -0.39 is 0 Å². The standard InChI is InChI=1S/C10H18/c1-3-6-9(2)10-7-4-5-8-10/h9-10H,1-8H2. The predicted octanol–water partition coefficient (Wildman–Crippen LogP) is 3.24. The quantitative estimate of drug-likeness (QED) is 0.561. The molecule has 0 spiro atoms. The first-order chi connectivity index (χ1) is 4.84. The van der Waals surface area contributed by atoms with Crippen molar-refractivity contribution in [3.8, 4) is 0 Å². The largest absolute Gasteiger partial charge is 0.0533 e. The molecule has 10 heavy (non-hydrogen) atoms. The Morgan fingerprint density at radius 1 is 1.30 bits per heavy atom. The highest BCUT2D eigenvalue weighted by atomic mass is 14.3. The SMILES string of the molecule is [CH2]CCC([CH2])C1CCCC1. The minimum Gasteiger partial charge on any atom is -0.0533 e. The van der Waals surface area contributed by atoms with Crippen molar-refractivity contribution in [2.45, 2.75) is 38.5 Å². The third kappa shape index (κ3) is 2.00. The van der Waals surface area contributed by atoms with E-state index in [1.807, 2.05) is 0 Å². The fourth-order valence-corrected chi connectivity index (χ4v) is 1.93. The van der Waals surface area contributed by atoms with Crippen LogP contribution in [0.1, 0.15) is 38.5 Å². The molecule has 0 bridgehead atoms. The topological polar surface area (TPSA) is 0 Å². The van der Waals surface area contributed by atoms with Gasteiger partial charge in [-0.05, 0) is 18.8 Å². The molecule has 1 unspecified atom stereocenters. The maximum atomic E-state index is 4.17. The van der Waals surface area contributed by atoms with Crippen molar-refractivity contribution in [2.75, 3.05) is 0 Å². The third-order valence-corrected chi connectivity index (χ3v) is 2.64. The summed E-state index contributed by atoms with van der Waals surface area (Å²) in [5.74, 6) is 1.63. The van der Waals surface area contributed by atoms with Gasteiger partial charge >= 0.3 is 0 Å². The zero-order chi connectivity index (χ0) is 7.40. The second-order valence-electron chi connectivity index (χ2n) is 3.45. The van der Waals surface area contributed by atoms with Crippen LogP contribution in [-0.4, -0.2) is 0 Å². The maximum Gasteiger partial charge on any atom is -0.0386 e. The Kier molecular flexibility index (Phi) is 3.24.